The van der Waals surface area contributed by atoms with Crippen molar-refractivity contribution in [3.05, 3.63) is 12.2 Å². The molecule has 0 bridgehead atoms. The maximum atomic E-state index is 11.7. The van der Waals surface area contributed by atoms with E-state index in [-0.39, 0.29) is 24.1 Å². The van der Waals surface area contributed by atoms with Crippen LogP contribution in [-0.2, 0) is 23.2 Å². The van der Waals surface area contributed by atoms with Gasteiger partial charge in [0.15, 0.2) is 5.82 Å². The van der Waals surface area contributed by atoms with Gasteiger partial charge in [0.05, 0.1) is 6.54 Å². The number of aromatic nitrogens is 3. The Morgan fingerprint density at radius 3 is 2.76 bits per heavy atom. The van der Waals surface area contributed by atoms with E-state index in [4.69, 9.17) is 0 Å². The lowest BCUT2D eigenvalue weighted by Crippen LogP contribution is -2.47. The average molecular weight is 257 g/mol. The molecule has 94 valence electrons. The Kier molecular flexibility index (Phi) is 4.95. The zero-order valence-corrected chi connectivity index (χ0v) is 10.6. The first-order valence-corrected chi connectivity index (χ1v) is 5.66. The number of amides is 2. The molecule has 0 radical (unpaired) electrons. The molecule has 8 heteroatoms. The van der Waals surface area contributed by atoms with Crippen LogP contribution in [-0.4, -0.2) is 38.4 Å². The summed E-state index contributed by atoms with van der Waals surface area (Å²) in [5.74, 6) is 0.319. The molecule has 7 nitrogen and oxygen atoms in total. The highest BCUT2D eigenvalue weighted by atomic mass is 32.1. The number of nitrogens with one attached hydrogen (secondary N) is 2. The second-order valence-corrected chi connectivity index (χ2v) is 3.88. The van der Waals surface area contributed by atoms with Gasteiger partial charge in [-0.2, -0.15) is 12.6 Å². The van der Waals surface area contributed by atoms with E-state index in [0.29, 0.717) is 5.82 Å². The van der Waals surface area contributed by atoms with Crippen molar-refractivity contribution in [3.63, 3.8) is 0 Å². The van der Waals surface area contributed by atoms with Crippen molar-refractivity contribution in [1.29, 1.82) is 0 Å². The summed E-state index contributed by atoms with van der Waals surface area (Å²) in [4.78, 5) is 22.5. The number of carbonyl (C=O) groups is 2. The summed E-state index contributed by atoms with van der Waals surface area (Å²) in [5.41, 5.74) is 0. The van der Waals surface area contributed by atoms with Gasteiger partial charge in [-0.25, -0.2) is 0 Å². The Labute approximate surface area is 104 Å². The summed E-state index contributed by atoms with van der Waals surface area (Å²) in [7, 11) is 1.78. The van der Waals surface area contributed by atoms with Crippen LogP contribution >= 0.6 is 12.6 Å². The number of carbonyl (C=O) groups excluding carboxylic acids is 2. The highest BCUT2D eigenvalue weighted by molar-refractivity contribution is 7.80. The van der Waals surface area contributed by atoms with Crippen LogP contribution in [0.5, 0.6) is 0 Å². The van der Waals surface area contributed by atoms with Crippen LogP contribution in [0.25, 0.3) is 0 Å². The van der Waals surface area contributed by atoms with Gasteiger partial charge < -0.3 is 15.2 Å². The zero-order chi connectivity index (χ0) is 12.8. The molecule has 0 saturated carbocycles. The number of nitrogens with zero attached hydrogens (tertiary/aromatic N) is 3. The standard InChI is InChI=1S/C9H15N5O2S/c1-6(15)12-7(4-17)9(16)10-3-8-13-11-5-14(8)2/h5,7,17H,3-4H2,1-2H3,(H,10,16)(H,12,15). The summed E-state index contributed by atoms with van der Waals surface area (Å²) in [5, 5.41) is 12.7. The summed E-state index contributed by atoms with van der Waals surface area (Å²) >= 11 is 4.01. The third-order valence-corrected chi connectivity index (χ3v) is 2.47. The van der Waals surface area contributed by atoms with E-state index in [2.05, 4.69) is 33.5 Å². The third kappa shape index (κ3) is 4.06. The van der Waals surface area contributed by atoms with Gasteiger partial charge in [-0.3, -0.25) is 9.59 Å². The Morgan fingerprint density at radius 2 is 2.29 bits per heavy atom. The molecule has 0 spiro atoms. The van der Waals surface area contributed by atoms with Crippen molar-refractivity contribution < 1.29 is 9.59 Å². The fourth-order valence-electron chi connectivity index (χ4n) is 1.20. The molecular weight excluding hydrogens is 242 g/mol. The lowest BCUT2D eigenvalue weighted by atomic mass is 10.3. The van der Waals surface area contributed by atoms with Crippen LogP contribution in [0.1, 0.15) is 12.7 Å². The second-order valence-electron chi connectivity index (χ2n) is 3.51. The Hall–Kier alpha value is -1.57. The molecule has 0 saturated heterocycles. The lowest BCUT2D eigenvalue weighted by Gasteiger charge is -2.14. The van der Waals surface area contributed by atoms with Crippen LogP contribution in [0.4, 0.5) is 0 Å². The van der Waals surface area contributed by atoms with Gasteiger partial charge >= 0.3 is 0 Å². The molecular formula is C9H15N5O2S. The van der Waals surface area contributed by atoms with Gasteiger partial charge in [-0.1, -0.05) is 0 Å². The van der Waals surface area contributed by atoms with Gasteiger partial charge in [-0.05, 0) is 0 Å². The summed E-state index contributed by atoms with van der Waals surface area (Å²) in [6.45, 7) is 1.62. The predicted octanol–water partition coefficient (Wildman–Crippen LogP) is -1.13. The molecule has 1 aromatic rings. The van der Waals surface area contributed by atoms with Crippen LogP contribution in [0.2, 0.25) is 0 Å². The van der Waals surface area contributed by atoms with Gasteiger partial charge in [0.2, 0.25) is 11.8 Å². The van der Waals surface area contributed by atoms with Crippen molar-refractivity contribution in [2.45, 2.75) is 19.5 Å². The summed E-state index contributed by atoms with van der Waals surface area (Å²) in [6.07, 6.45) is 1.55. The van der Waals surface area contributed by atoms with Crippen LogP contribution in [0, 0.1) is 0 Å². The zero-order valence-electron chi connectivity index (χ0n) is 9.67. The van der Waals surface area contributed by atoms with Crippen LogP contribution in [0.3, 0.4) is 0 Å². The van der Waals surface area contributed by atoms with E-state index in [1.54, 1.807) is 17.9 Å². The van der Waals surface area contributed by atoms with Gasteiger partial charge in [0.25, 0.3) is 0 Å². The molecule has 0 aliphatic carbocycles. The molecule has 1 rings (SSSR count). The van der Waals surface area contributed by atoms with Gasteiger partial charge in [0, 0.05) is 19.7 Å². The molecule has 0 aliphatic heterocycles. The Bertz CT molecular complexity index is 406. The molecule has 0 aliphatic rings. The predicted molar refractivity (Wildman–Crippen MR) is 64.3 cm³/mol. The molecule has 1 unspecified atom stereocenters. The summed E-state index contributed by atoms with van der Waals surface area (Å²) < 4.78 is 1.70. The number of rotatable bonds is 5. The minimum absolute atomic E-state index is 0.240. The molecule has 2 amide bonds. The van der Waals surface area contributed by atoms with Gasteiger partial charge in [-0.15, -0.1) is 10.2 Å². The van der Waals surface area contributed by atoms with E-state index < -0.39 is 6.04 Å². The van der Waals surface area contributed by atoms with Crippen molar-refractivity contribution in [2.24, 2.45) is 7.05 Å². The van der Waals surface area contributed by atoms with Crippen molar-refractivity contribution in [1.82, 2.24) is 25.4 Å². The van der Waals surface area contributed by atoms with Crippen LogP contribution < -0.4 is 10.6 Å². The average Bonchev–Trinajstić information content (AvgIpc) is 2.68. The Morgan fingerprint density at radius 1 is 1.59 bits per heavy atom. The fraction of sp³-hybridized carbons (Fsp3) is 0.556. The lowest BCUT2D eigenvalue weighted by molar-refractivity contribution is -0.127. The van der Waals surface area contributed by atoms with E-state index in [1.807, 2.05) is 0 Å². The first kappa shape index (κ1) is 13.5. The number of hydrogen-bond donors (Lipinski definition) is 3. The highest BCUT2D eigenvalue weighted by Crippen LogP contribution is 1.93. The topological polar surface area (TPSA) is 88.9 Å². The fourth-order valence-corrected chi connectivity index (χ4v) is 1.45. The van der Waals surface area contributed by atoms with Crippen molar-refractivity contribution in [2.75, 3.05) is 5.75 Å². The normalized spacial score (nSPS) is 11.9. The number of thiol groups is 1. The molecule has 1 aromatic heterocycles. The van der Waals surface area contributed by atoms with Crippen LogP contribution in [0.15, 0.2) is 6.33 Å². The molecule has 1 atom stereocenters. The molecule has 17 heavy (non-hydrogen) atoms. The molecule has 1 heterocycles. The van der Waals surface area contributed by atoms with Gasteiger partial charge in [0.1, 0.15) is 12.4 Å². The second kappa shape index (κ2) is 6.24. The maximum Gasteiger partial charge on any atom is 0.243 e. The van der Waals surface area contributed by atoms with E-state index >= 15 is 0 Å². The highest BCUT2D eigenvalue weighted by Gasteiger charge is 2.17. The molecule has 0 aromatic carbocycles. The minimum atomic E-state index is -0.635. The first-order valence-electron chi connectivity index (χ1n) is 5.03. The molecule has 0 fully saturated rings. The Balaban J connectivity index is 2.48. The maximum absolute atomic E-state index is 11.7. The third-order valence-electron chi connectivity index (χ3n) is 2.10. The monoisotopic (exact) mass is 257 g/mol. The molecule has 2 N–H and O–H groups in total. The first-order chi connectivity index (χ1) is 8.04. The smallest absolute Gasteiger partial charge is 0.243 e. The minimum Gasteiger partial charge on any atom is -0.347 e. The summed E-state index contributed by atoms with van der Waals surface area (Å²) in [6, 6.07) is -0.635. The quantitative estimate of drug-likeness (QED) is 0.582. The van der Waals surface area contributed by atoms with E-state index in [9.17, 15) is 9.59 Å². The van der Waals surface area contributed by atoms with Crippen molar-refractivity contribution >= 4 is 24.4 Å². The number of aryl methyl sites for hydroxylation is 1. The largest absolute Gasteiger partial charge is 0.347 e. The van der Waals surface area contributed by atoms with Crippen molar-refractivity contribution in [3.8, 4) is 0 Å². The van der Waals surface area contributed by atoms with E-state index in [1.165, 1.54) is 6.92 Å². The number of hydrogen-bond acceptors (Lipinski definition) is 5. The van der Waals surface area contributed by atoms with E-state index in [0.717, 1.165) is 0 Å². The SMILES string of the molecule is CC(=O)NC(CS)C(=O)NCc1nncn1C.